The van der Waals surface area contributed by atoms with Crippen molar-refractivity contribution < 1.29 is 8.60 Å². The Morgan fingerprint density at radius 3 is 2.62 bits per heavy atom. The van der Waals surface area contributed by atoms with Gasteiger partial charge >= 0.3 is 0 Å². The summed E-state index contributed by atoms with van der Waals surface area (Å²) in [6.45, 7) is 0. The predicted molar refractivity (Wildman–Crippen MR) is 81.7 cm³/mol. The molecule has 0 radical (unpaired) electrons. The summed E-state index contributed by atoms with van der Waals surface area (Å²) in [4.78, 5) is 0.744. The average molecular weight is 301 g/mol. The lowest BCUT2D eigenvalue weighted by Crippen LogP contribution is -2.16. The molecule has 2 aliphatic rings. The quantitative estimate of drug-likeness (QED) is 0.841. The van der Waals surface area contributed by atoms with E-state index in [-0.39, 0.29) is 11.7 Å². The molecule has 21 heavy (non-hydrogen) atoms. The number of aromatic nitrogens is 1. The standard InChI is InChI=1S/C17H16FNOS/c18-16-10-13(12-6-7-12)11-17-15(16)8-9-19(17)21(20)14-4-2-1-3-5-14/h1-5,8-10,12-13H,6-7,11H2. The van der Waals surface area contributed by atoms with E-state index < -0.39 is 11.0 Å². The molecule has 1 aromatic carbocycles. The summed E-state index contributed by atoms with van der Waals surface area (Å²) >= 11 is 0. The van der Waals surface area contributed by atoms with E-state index in [9.17, 15) is 8.60 Å². The highest BCUT2D eigenvalue weighted by molar-refractivity contribution is 7.83. The predicted octanol–water partition coefficient (Wildman–Crippen LogP) is 3.95. The number of allylic oxidation sites excluding steroid dienone is 1. The summed E-state index contributed by atoms with van der Waals surface area (Å²) in [6.07, 6.45) is 6.67. The van der Waals surface area contributed by atoms with Crippen LogP contribution in [0.25, 0.3) is 5.83 Å². The minimum absolute atomic E-state index is 0.156. The number of benzene rings is 1. The summed E-state index contributed by atoms with van der Waals surface area (Å²) in [5, 5.41) is 0. The second kappa shape index (κ2) is 4.95. The van der Waals surface area contributed by atoms with E-state index in [4.69, 9.17) is 0 Å². The first-order chi connectivity index (χ1) is 10.2. The van der Waals surface area contributed by atoms with Crippen molar-refractivity contribution in [1.82, 2.24) is 3.97 Å². The third-order valence-electron chi connectivity index (χ3n) is 4.35. The van der Waals surface area contributed by atoms with Gasteiger partial charge in [-0.25, -0.2) is 8.60 Å². The topological polar surface area (TPSA) is 22.0 Å². The first-order valence-corrected chi connectivity index (χ1v) is 8.40. The summed E-state index contributed by atoms with van der Waals surface area (Å²) in [6, 6.07) is 11.1. The van der Waals surface area contributed by atoms with Gasteiger partial charge in [0, 0.05) is 17.5 Å². The highest BCUT2D eigenvalue weighted by Gasteiger charge is 2.35. The molecule has 1 saturated carbocycles. The largest absolute Gasteiger partial charge is 0.267 e. The number of rotatable bonds is 3. The maximum absolute atomic E-state index is 14.2. The van der Waals surface area contributed by atoms with Crippen molar-refractivity contribution in [1.29, 1.82) is 0 Å². The Morgan fingerprint density at radius 1 is 1.14 bits per heavy atom. The third-order valence-corrected chi connectivity index (χ3v) is 5.73. The summed E-state index contributed by atoms with van der Waals surface area (Å²) in [5.41, 5.74) is 1.48. The summed E-state index contributed by atoms with van der Waals surface area (Å²) in [5.74, 6) is 0.716. The molecule has 2 unspecified atom stereocenters. The van der Waals surface area contributed by atoms with E-state index in [2.05, 4.69) is 0 Å². The zero-order valence-electron chi connectivity index (χ0n) is 11.5. The molecule has 0 N–H and O–H groups in total. The maximum atomic E-state index is 14.2. The fraction of sp³-hybridized carbons (Fsp3) is 0.294. The molecule has 2 nitrogen and oxygen atoms in total. The molecule has 0 bridgehead atoms. The molecule has 1 aromatic heterocycles. The van der Waals surface area contributed by atoms with E-state index in [1.54, 1.807) is 22.3 Å². The van der Waals surface area contributed by atoms with Crippen molar-refractivity contribution >= 4 is 16.8 Å². The van der Waals surface area contributed by atoms with E-state index in [1.165, 1.54) is 12.8 Å². The van der Waals surface area contributed by atoms with Crippen molar-refractivity contribution in [3.05, 3.63) is 59.9 Å². The molecule has 2 atom stereocenters. The molecule has 2 aliphatic carbocycles. The zero-order chi connectivity index (χ0) is 14.4. The van der Waals surface area contributed by atoms with Gasteiger partial charge in [-0.05, 0) is 55.4 Å². The lowest BCUT2D eigenvalue weighted by molar-refractivity contribution is 0.538. The minimum Gasteiger partial charge on any atom is -0.267 e. The summed E-state index contributed by atoms with van der Waals surface area (Å²) < 4.78 is 28.7. The van der Waals surface area contributed by atoms with Crippen LogP contribution in [0.3, 0.4) is 0 Å². The molecule has 4 heteroatoms. The Labute approximate surface area is 125 Å². The Hall–Kier alpha value is -1.68. The van der Waals surface area contributed by atoms with Gasteiger partial charge in [-0.3, -0.25) is 3.97 Å². The minimum atomic E-state index is -1.31. The normalized spacial score (nSPS) is 22.5. The molecule has 1 heterocycles. The lowest BCUT2D eigenvalue weighted by atomic mass is 9.90. The molecule has 0 amide bonds. The van der Waals surface area contributed by atoms with Crippen molar-refractivity contribution in [2.75, 3.05) is 0 Å². The smallest absolute Gasteiger partial charge is 0.156 e. The van der Waals surface area contributed by atoms with Gasteiger partial charge in [0.15, 0.2) is 11.0 Å². The lowest BCUT2D eigenvalue weighted by Gasteiger charge is -2.20. The van der Waals surface area contributed by atoms with Crippen LogP contribution < -0.4 is 0 Å². The van der Waals surface area contributed by atoms with Gasteiger partial charge in [-0.15, -0.1) is 0 Å². The van der Waals surface area contributed by atoms with E-state index in [0.717, 1.165) is 17.0 Å². The molecule has 0 spiro atoms. The van der Waals surface area contributed by atoms with Crippen LogP contribution in [0.2, 0.25) is 0 Å². The van der Waals surface area contributed by atoms with E-state index >= 15 is 0 Å². The maximum Gasteiger partial charge on any atom is 0.156 e. The number of hydrogen-bond donors (Lipinski definition) is 0. The van der Waals surface area contributed by atoms with E-state index in [1.807, 2.05) is 30.3 Å². The first-order valence-electron chi connectivity index (χ1n) is 7.29. The Morgan fingerprint density at radius 2 is 1.90 bits per heavy atom. The van der Waals surface area contributed by atoms with Crippen LogP contribution in [0.5, 0.6) is 0 Å². The Kier molecular flexibility index (Phi) is 3.07. The van der Waals surface area contributed by atoms with Gasteiger partial charge in [0.1, 0.15) is 5.83 Å². The van der Waals surface area contributed by atoms with Crippen LogP contribution in [-0.4, -0.2) is 8.18 Å². The van der Waals surface area contributed by atoms with Crippen molar-refractivity contribution in [3.8, 4) is 0 Å². The van der Waals surface area contributed by atoms with Gasteiger partial charge in [0.05, 0.1) is 4.90 Å². The van der Waals surface area contributed by atoms with Crippen LogP contribution in [0.1, 0.15) is 24.1 Å². The Balaban J connectivity index is 1.73. The highest BCUT2D eigenvalue weighted by Crippen LogP contribution is 2.44. The fourth-order valence-electron chi connectivity index (χ4n) is 3.06. The zero-order valence-corrected chi connectivity index (χ0v) is 12.4. The molecular weight excluding hydrogens is 285 g/mol. The van der Waals surface area contributed by atoms with Crippen LogP contribution in [0, 0.1) is 11.8 Å². The number of hydrogen-bond acceptors (Lipinski definition) is 1. The monoisotopic (exact) mass is 301 g/mol. The van der Waals surface area contributed by atoms with Crippen LogP contribution >= 0.6 is 0 Å². The van der Waals surface area contributed by atoms with Gasteiger partial charge in [-0.2, -0.15) is 0 Å². The molecule has 108 valence electrons. The number of nitrogens with zero attached hydrogens (tertiary/aromatic N) is 1. The van der Waals surface area contributed by atoms with Crippen LogP contribution in [0.15, 0.2) is 53.6 Å². The molecular formula is C17H16FNOS. The van der Waals surface area contributed by atoms with Crippen molar-refractivity contribution in [2.45, 2.75) is 24.2 Å². The first kappa shape index (κ1) is 13.0. The van der Waals surface area contributed by atoms with E-state index in [0.29, 0.717) is 11.5 Å². The Bertz CT molecular complexity index is 731. The van der Waals surface area contributed by atoms with Gasteiger partial charge < -0.3 is 0 Å². The fourth-order valence-corrected chi connectivity index (χ4v) is 4.22. The number of fused-ring (bicyclic) bond motifs is 1. The molecule has 2 aromatic rings. The van der Waals surface area contributed by atoms with Crippen molar-refractivity contribution in [3.63, 3.8) is 0 Å². The SMILES string of the molecule is O=S(c1ccccc1)n1ccc2c1CC(C1CC1)C=C2F. The third kappa shape index (κ3) is 2.27. The van der Waals surface area contributed by atoms with Crippen LogP contribution in [-0.2, 0) is 17.4 Å². The average Bonchev–Trinajstić information content (AvgIpc) is 3.27. The molecule has 0 saturated heterocycles. The van der Waals surface area contributed by atoms with Gasteiger partial charge in [0.25, 0.3) is 0 Å². The number of halogens is 1. The van der Waals surface area contributed by atoms with Crippen LogP contribution in [0.4, 0.5) is 4.39 Å². The second-order valence-corrected chi connectivity index (χ2v) is 7.15. The second-order valence-electron chi connectivity index (χ2n) is 5.78. The van der Waals surface area contributed by atoms with Gasteiger partial charge in [-0.1, -0.05) is 18.2 Å². The molecule has 0 aliphatic heterocycles. The van der Waals surface area contributed by atoms with Crippen molar-refractivity contribution in [2.24, 2.45) is 11.8 Å². The highest BCUT2D eigenvalue weighted by atomic mass is 32.2. The molecule has 1 fully saturated rings. The summed E-state index contributed by atoms with van der Waals surface area (Å²) in [7, 11) is -1.31. The molecule has 4 rings (SSSR count). The van der Waals surface area contributed by atoms with Gasteiger partial charge in [0.2, 0.25) is 0 Å².